The summed E-state index contributed by atoms with van der Waals surface area (Å²) in [7, 11) is 1.92. The molecule has 0 unspecified atom stereocenters. The number of aromatic carboxylic acids is 1. The second kappa shape index (κ2) is 6.30. The quantitative estimate of drug-likeness (QED) is 0.828. The van der Waals surface area contributed by atoms with Crippen LogP contribution in [0.2, 0.25) is 0 Å². The van der Waals surface area contributed by atoms with Gasteiger partial charge in [0.15, 0.2) is 0 Å². The van der Waals surface area contributed by atoms with Gasteiger partial charge in [0.25, 0.3) is 0 Å². The van der Waals surface area contributed by atoms with Crippen molar-refractivity contribution in [2.45, 2.75) is 25.0 Å². The van der Waals surface area contributed by atoms with Crippen molar-refractivity contribution >= 4 is 5.97 Å². The number of aliphatic hydroxyl groups is 1. The normalized spacial score (nSPS) is 18.1. The average Bonchev–Trinajstić information content (AvgIpc) is 2.39. The van der Waals surface area contributed by atoms with Gasteiger partial charge in [-0.15, -0.1) is 0 Å². The lowest BCUT2D eigenvalue weighted by atomic mass is 9.94. The minimum absolute atomic E-state index is 0.180. The largest absolute Gasteiger partial charge is 0.478 e. The molecule has 1 aliphatic heterocycles. The molecule has 0 bridgehead atoms. The van der Waals surface area contributed by atoms with Gasteiger partial charge in [0.1, 0.15) is 0 Å². The van der Waals surface area contributed by atoms with Gasteiger partial charge in [-0.1, -0.05) is 0 Å². The fourth-order valence-corrected chi connectivity index (χ4v) is 2.39. The highest BCUT2D eigenvalue weighted by Crippen LogP contribution is 2.21. The van der Waals surface area contributed by atoms with E-state index in [1.165, 1.54) is 6.20 Å². The zero-order valence-electron chi connectivity index (χ0n) is 11.6. The Morgan fingerprint density at radius 2 is 2.15 bits per heavy atom. The Labute approximate surface area is 118 Å². The summed E-state index contributed by atoms with van der Waals surface area (Å²) in [4.78, 5) is 16.9. The Morgan fingerprint density at radius 1 is 1.45 bits per heavy atom. The van der Waals surface area contributed by atoms with Crippen molar-refractivity contribution in [1.82, 2.24) is 9.88 Å². The van der Waals surface area contributed by atoms with Crippen LogP contribution in [0.15, 0.2) is 18.3 Å². The summed E-state index contributed by atoms with van der Waals surface area (Å²) in [5.41, 5.74) is 0.265. The van der Waals surface area contributed by atoms with Gasteiger partial charge in [-0.2, -0.15) is 0 Å². The molecular formula is C14H20N2O4. The molecule has 6 heteroatoms. The van der Waals surface area contributed by atoms with Crippen LogP contribution in [0, 0.1) is 0 Å². The van der Waals surface area contributed by atoms with Gasteiger partial charge in [-0.05, 0) is 19.2 Å². The van der Waals surface area contributed by atoms with Crippen molar-refractivity contribution in [3.63, 3.8) is 0 Å². The van der Waals surface area contributed by atoms with E-state index in [1.807, 2.05) is 11.9 Å². The summed E-state index contributed by atoms with van der Waals surface area (Å²) in [6.45, 7) is 2.31. The second-order valence-electron chi connectivity index (χ2n) is 5.35. The first-order valence-corrected chi connectivity index (χ1v) is 6.65. The van der Waals surface area contributed by atoms with E-state index in [1.54, 1.807) is 12.1 Å². The molecule has 0 aliphatic carbocycles. The Morgan fingerprint density at radius 3 is 2.70 bits per heavy atom. The molecule has 6 nitrogen and oxygen atoms in total. The molecule has 0 amide bonds. The van der Waals surface area contributed by atoms with E-state index in [0.717, 1.165) is 5.69 Å². The van der Waals surface area contributed by atoms with Gasteiger partial charge in [0.05, 0.1) is 16.9 Å². The molecule has 1 saturated heterocycles. The molecule has 2 rings (SSSR count). The van der Waals surface area contributed by atoms with E-state index >= 15 is 0 Å². The summed E-state index contributed by atoms with van der Waals surface area (Å²) >= 11 is 0. The third-order valence-corrected chi connectivity index (χ3v) is 3.49. The molecule has 0 spiro atoms. The van der Waals surface area contributed by atoms with Gasteiger partial charge >= 0.3 is 5.97 Å². The SMILES string of the molecule is CN(Cc1ccc(C(=O)O)cn1)CC1(O)CCOCC1. The van der Waals surface area contributed by atoms with Gasteiger partial charge in [-0.3, -0.25) is 9.88 Å². The smallest absolute Gasteiger partial charge is 0.337 e. The van der Waals surface area contributed by atoms with Gasteiger partial charge in [0.2, 0.25) is 0 Å². The molecule has 2 heterocycles. The van der Waals surface area contributed by atoms with Crippen molar-refractivity contribution in [2.75, 3.05) is 26.8 Å². The summed E-state index contributed by atoms with van der Waals surface area (Å²) in [6, 6.07) is 3.25. The number of nitrogens with zero attached hydrogens (tertiary/aromatic N) is 2. The van der Waals surface area contributed by atoms with Crippen LogP contribution in [0.3, 0.4) is 0 Å². The molecule has 0 aromatic carbocycles. The standard InChI is InChI=1S/C14H20N2O4/c1-16(10-14(19)4-6-20-7-5-14)9-12-3-2-11(8-15-12)13(17)18/h2-3,8,19H,4-7,9-10H2,1H3,(H,17,18). The molecule has 1 fully saturated rings. The maximum Gasteiger partial charge on any atom is 0.337 e. The van der Waals surface area contributed by atoms with Crippen molar-refractivity contribution in [2.24, 2.45) is 0 Å². The second-order valence-corrected chi connectivity index (χ2v) is 5.35. The zero-order chi connectivity index (χ0) is 14.6. The first kappa shape index (κ1) is 14.9. The molecule has 1 aromatic rings. The number of carboxylic acid groups (broad SMARTS) is 1. The molecular weight excluding hydrogens is 260 g/mol. The van der Waals surface area contributed by atoms with E-state index in [0.29, 0.717) is 39.1 Å². The third-order valence-electron chi connectivity index (χ3n) is 3.49. The molecule has 20 heavy (non-hydrogen) atoms. The van der Waals surface area contributed by atoms with Crippen LogP contribution < -0.4 is 0 Å². The van der Waals surface area contributed by atoms with Crippen molar-refractivity contribution in [3.05, 3.63) is 29.6 Å². The highest BCUT2D eigenvalue weighted by Gasteiger charge is 2.30. The average molecular weight is 280 g/mol. The molecule has 0 saturated carbocycles. The highest BCUT2D eigenvalue weighted by atomic mass is 16.5. The van der Waals surface area contributed by atoms with Crippen molar-refractivity contribution in [1.29, 1.82) is 0 Å². The minimum atomic E-state index is -0.978. The number of rotatable bonds is 5. The number of likely N-dealkylation sites (N-methyl/N-ethyl adjacent to an activating group) is 1. The van der Waals surface area contributed by atoms with Crippen molar-refractivity contribution in [3.8, 4) is 0 Å². The monoisotopic (exact) mass is 280 g/mol. The third kappa shape index (κ3) is 4.00. The lowest BCUT2D eigenvalue weighted by molar-refractivity contribution is -0.0778. The minimum Gasteiger partial charge on any atom is -0.478 e. The van der Waals surface area contributed by atoms with E-state index in [9.17, 15) is 9.90 Å². The molecule has 1 aromatic heterocycles. The number of hydrogen-bond donors (Lipinski definition) is 2. The van der Waals surface area contributed by atoms with Crippen LogP contribution in [-0.2, 0) is 11.3 Å². The van der Waals surface area contributed by atoms with Crippen LogP contribution >= 0.6 is 0 Å². The maximum atomic E-state index is 10.7. The Kier molecular flexibility index (Phi) is 4.69. The Balaban J connectivity index is 1.90. The fraction of sp³-hybridized carbons (Fsp3) is 0.571. The molecule has 2 N–H and O–H groups in total. The number of carbonyl (C=O) groups is 1. The van der Waals surface area contributed by atoms with Crippen LogP contribution in [0.4, 0.5) is 0 Å². The van der Waals surface area contributed by atoms with E-state index in [2.05, 4.69) is 4.98 Å². The van der Waals surface area contributed by atoms with Gasteiger partial charge in [-0.25, -0.2) is 4.79 Å². The maximum absolute atomic E-state index is 10.7. The number of hydrogen-bond acceptors (Lipinski definition) is 5. The number of aromatic nitrogens is 1. The Hall–Kier alpha value is -1.50. The summed E-state index contributed by atoms with van der Waals surface area (Å²) in [5, 5.41) is 19.2. The van der Waals surface area contributed by atoms with Crippen LogP contribution in [0.25, 0.3) is 0 Å². The first-order valence-electron chi connectivity index (χ1n) is 6.65. The molecule has 0 atom stereocenters. The lowest BCUT2D eigenvalue weighted by Crippen LogP contribution is -2.45. The summed E-state index contributed by atoms with van der Waals surface area (Å²) in [6.07, 6.45) is 2.64. The number of carboxylic acids is 1. The van der Waals surface area contributed by atoms with Crippen LogP contribution in [-0.4, -0.2) is 58.5 Å². The van der Waals surface area contributed by atoms with Gasteiger partial charge in [0, 0.05) is 45.3 Å². The molecule has 1 aliphatic rings. The predicted octanol–water partition coefficient (Wildman–Crippen LogP) is 0.753. The zero-order valence-corrected chi connectivity index (χ0v) is 11.6. The lowest BCUT2D eigenvalue weighted by Gasteiger charge is -2.35. The molecule has 0 radical (unpaired) electrons. The fourth-order valence-electron chi connectivity index (χ4n) is 2.39. The topological polar surface area (TPSA) is 82.9 Å². The highest BCUT2D eigenvalue weighted by molar-refractivity contribution is 5.87. The van der Waals surface area contributed by atoms with Gasteiger partial charge < -0.3 is 14.9 Å². The predicted molar refractivity (Wildman–Crippen MR) is 72.5 cm³/mol. The van der Waals surface area contributed by atoms with Crippen LogP contribution in [0.5, 0.6) is 0 Å². The van der Waals surface area contributed by atoms with E-state index in [-0.39, 0.29) is 5.56 Å². The van der Waals surface area contributed by atoms with E-state index < -0.39 is 11.6 Å². The summed E-state index contributed by atoms with van der Waals surface area (Å²) in [5.74, 6) is -0.978. The summed E-state index contributed by atoms with van der Waals surface area (Å²) < 4.78 is 5.25. The molecule has 110 valence electrons. The van der Waals surface area contributed by atoms with E-state index in [4.69, 9.17) is 9.84 Å². The van der Waals surface area contributed by atoms with Crippen LogP contribution in [0.1, 0.15) is 28.9 Å². The number of ether oxygens (including phenoxy) is 1. The number of pyridine rings is 1. The first-order chi connectivity index (χ1) is 9.48. The van der Waals surface area contributed by atoms with Crippen molar-refractivity contribution < 1.29 is 19.7 Å². The Bertz CT molecular complexity index is 455.